The Hall–Kier alpha value is -1.96. The summed E-state index contributed by atoms with van der Waals surface area (Å²) in [6.45, 7) is 1.75. The zero-order valence-corrected chi connectivity index (χ0v) is 16.4. The lowest BCUT2D eigenvalue weighted by Gasteiger charge is -2.32. The minimum Gasteiger partial charge on any atom is -0.352 e. The van der Waals surface area contributed by atoms with Gasteiger partial charge in [-0.25, -0.2) is 4.39 Å². The van der Waals surface area contributed by atoms with Gasteiger partial charge in [0.15, 0.2) is 0 Å². The van der Waals surface area contributed by atoms with Gasteiger partial charge in [0.05, 0.1) is 11.1 Å². The number of carbonyl (C=O) groups excluding carboxylic acids is 2. The molecule has 2 amide bonds. The molecule has 3 rings (SSSR count). The van der Waals surface area contributed by atoms with Gasteiger partial charge in [0.1, 0.15) is 5.82 Å². The maximum Gasteiger partial charge on any atom is 0.256 e. The molecule has 0 radical (unpaired) electrons. The van der Waals surface area contributed by atoms with E-state index in [1.54, 1.807) is 17.0 Å². The highest BCUT2D eigenvalue weighted by Gasteiger charge is 2.25. The van der Waals surface area contributed by atoms with Crippen molar-refractivity contribution in [2.45, 2.75) is 12.8 Å². The summed E-state index contributed by atoms with van der Waals surface area (Å²) in [6, 6.07) is 13.5. The molecule has 1 N–H and O–H groups in total. The largest absolute Gasteiger partial charge is 0.352 e. The van der Waals surface area contributed by atoms with Crippen molar-refractivity contribution in [1.29, 1.82) is 0 Å². The Morgan fingerprint density at radius 2 is 1.65 bits per heavy atom. The van der Waals surface area contributed by atoms with E-state index < -0.39 is 5.82 Å². The van der Waals surface area contributed by atoms with Crippen LogP contribution in [0.4, 0.5) is 4.39 Å². The lowest BCUT2D eigenvalue weighted by molar-refractivity contribution is 0.0679. The molecule has 1 heterocycles. The molecule has 0 spiro atoms. The van der Waals surface area contributed by atoms with E-state index in [1.807, 2.05) is 24.3 Å². The van der Waals surface area contributed by atoms with Gasteiger partial charge in [-0.3, -0.25) is 9.59 Å². The van der Waals surface area contributed by atoms with E-state index in [9.17, 15) is 14.0 Å². The van der Waals surface area contributed by atoms with E-state index in [1.165, 1.54) is 12.1 Å². The predicted molar refractivity (Wildman–Crippen MR) is 107 cm³/mol. The molecule has 0 aromatic heterocycles. The SMILES string of the molecule is O=C(NCC1CCN(C(=O)c2ccccc2F)CC1)c1ccccc1I. The van der Waals surface area contributed by atoms with Crippen LogP contribution in [-0.4, -0.2) is 36.3 Å². The summed E-state index contributed by atoms with van der Waals surface area (Å²) >= 11 is 2.15. The van der Waals surface area contributed by atoms with Crippen LogP contribution in [0.5, 0.6) is 0 Å². The lowest BCUT2D eigenvalue weighted by atomic mass is 9.96. The number of hydrogen-bond acceptors (Lipinski definition) is 2. The molecule has 6 heteroatoms. The monoisotopic (exact) mass is 466 g/mol. The minimum atomic E-state index is -0.482. The Bertz CT molecular complexity index is 804. The molecule has 0 unspecified atom stereocenters. The van der Waals surface area contributed by atoms with Crippen LogP contribution in [0, 0.1) is 15.3 Å². The molecule has 4 nitrogen and oxygen atoms in total. The highest BCUT2D eigenvalue weighted by atomic mass is 127. The first-order chi connectivity index (χ1) is 12.6. The van der Waals surface area contributed by atoms with Crippen molar-refractivity contribution in [3.05, 3.63) is 69.0 Å². The second-order valence-corrected chi connectivity index (χ2v) is 7.57. The molecule has 2 aromatic rings. The maximum atomic E-state index is 13.8. The number of halogens is 2. The molecule has 0 atom stereocenters. The van der Waals surface area contributed by atoms with Gasteiger partial charge in [0.25, 0.3) is 11.8 Å². The standard InChI is InChI=1S/C20H20FIN2O2/c21-17-7-3-1-5-15(17)20(26)24-11-9-14(10-12-24)13-23-19(25)16-6-2-4-8-18(16)22/h1-8,14H,9-13H2,(H,23,25). The van der Waals surface area contributed by atoms with Crippen molar-refractivity contribution in [2.24, 2.45) is 5.92 Å². The van der Waals surface area contributed by atoms with E-state index in [0.717, 1.165) is 16.4 Å². The molecular weight excluding hydrogens is 446 g/mol. The smallest absolute Gasteiger partial charge is 0.256 e. The van der Waals surface area contributed by atoms with Crippen LogP contribution in [0.1, 0.15) is 33.6 Å². The topological polar surface area (TPSA) is 49.4 Å². The minimum absolute atomic E-state index is 0.0696. The normalized spacial score (nSPS) is 14.9. The number of rotatable bonds is 4. The van der Waals surface area contributed by atoms with E-state index in [4.69, 9.17) is 0 Å². The summed E-state index contributed by atoms with van der Waals surface area (Å²) in [4.78, 5) is 26.4. The number of nitrogens with one attached hydrogen (secondary N) is 1. The first-order valence-corrected chi connectivity index (χ1v) is 9.70. The molecule has 0 aliphatic carbocycles. The molecule has 2 aromatic carbocycles. The summed E-state index contributed by atoms with van der Waals surface area (Å²) < 4.78 is 14.7. The zero-order valence-electron chi connectivity index (χ0n) is 14.3. The van der Waals surface area contributed by atoms with Crippen LogP contribution in [0.25, 0.3) is 0 Å². The van der Waals surface area contributed by atoms with Gasteiger partial charge >= 0.3 is 0 Å². The molecule has 0 bridgehead atoms. The van der Waals surface area contributed by atoms with Crippen LogP contribution in [-0.2, 0) is 0 Å². The van der Waals surface area contributed by atoms with Crippen molar-refractivity contribution in [2.75, 3.05) is 19.6 Å². The third-order valence-corrected chi connectivity index (χ3v) is 5.62. The van der Waals surface area contributed by atoms with E-state index in [2.05, 4.69) is 27.9 Å². The fourth-order valence-corrected chi connectivity index (χ4v) is 3.76. The summed E-state index contributed by atoms with van der Waals surface area (Å²) in [7, 11) is 0. The Morgan fingerprint density at radius 3 is 2.31 bits per heavy atom. The molecule has 0 saturated carbocycles. The van der Waals surface area contributed by atoms with Crippen LogP contribution in [0.15, 0.2) is 48.5 Å². The van der Waals surface area contributed by atoms with Gasteiger partial charge in [-0.15, -0.1) is 0 Å². The van der Waals surface area contributed by atoms with Gasteiger partial charge in [-0.1, -0.05) is 24.3 Å². The Balaban J connectivity index is 1.50. The van der Waals surface area contributed by atoms with Crippen molar-refractivity contribution >= 4 is 34.4 Å². The first-order valence-electron chi connectivity index (χ1n) is 8.63. The molecule has 1 saturated heterocycles. The number of amides is 2. The van der Waals surface area contributed by atoms with Crippen molar-refractivity contribution in [3.63, 3.8) is 0 Å². The third-order valence-electron chi connectivity index (χ3n) is 4.68. The van der Waals surface area contributed by atoms with Crippen LogP contribution in [0.2, 0.25) is 0 Å². The predicted octanol–water partition coefficient (Wildman–Crippen LogP) is 3.71. The van der Waals surface area contributed by atoms with E-state index in [0.29, 0.717) is 31.1 Å². The number of likely N-dealkylation sites (tertiary alicyclic amines) is 1. The van der Waals surface area contributed by atoms with E-state index in [-0.39, 0.29) is 17.4 Å². The summed E-state index contributed by atoms with van der Waals surface area (Å²) in [5.74, 6) is -0.487. The number of piperidine rings is 1. The van der Waals surface area contributed by atoms with Gasteiger partial charge < -0.3 is 10.2 Å². The molecule has 1 aliphatic rings. The van der Waals surface area contributed by atoms with Gasteiger partial charge in [0.2, 0.25) is 0 Å². The Morgan fingerprint density at radius 1 is 1.04 bits per heavy atom. The zero-order chi connectivity index (χ0) is 18.5. The molecular formula is C20H20FIN2O2. The average molecular weight is 466 g/mol. The molecule has 1 aliphatic heterocycles. The summed E-state index contributed by atoms with van der Waals surface area (Å²) in [5.41, 5.74) is 0.804. The highest BCUT2D eigenvalue weighted by Crippen LogP contribution is 2.20. The fourth-order valence-electron chi connectivity index (χ4n) is 3.12. The quantitative estimate of drug-likeness (QED) is 0.699. The van der Waals surface area contributed by atoms with Crippen LogP contribution < -0.4 is 5.32 Å². The van der Waals surface area contributed by atoms with Crippen molar-refractivity contribution < 1.29 is 14.0 Å². The van der Waals surface area contributed by atoms with Crippen molar-refractivity contribution in [1.82, 2.24) is 10.2 Å². The molecule has 136 valence electrons. The second-order valence-electron chi connectivity index (χ2n) is 6.41. The second kappa shape index (κ2) is 8.62. The van der Waals surface area contributed by atoms with Crippen LogP contribution >= 0.6 is 22.6 Å². The van der Waals surface area contributed by atoms with E-state index >= 15 is 0 Å². The molecule has 26 heavy (non-hydrogen) atoms. The van der Waals surface area contributed by atoms with Crippen LogP contribution in [0.3, 0.4) is 0 Å². The maximum absolute atomic E-state index is 13.8. The van der Waals surface area contributed by atoms with Gasteiger partial charge in [0, 0.05) is 23.2 Å². The lowest BCUT2D eigenvalue weighted by Crippen LogP contribution is -2.41. The highest BCUT2D eigenvalue weighted by molar-refractivity contribution is 14.1. The fraction of sp³-hybridized carbons (Fsp3) is 0.300. The van der Waals surface area contributed by atoms with Gasteiger partial charge in [-0.2, -0.15) is 0 Å². The Labute approximate surface area is 165 Å². The summed E-state index contributed by atoms with van der Waals surface area (Å²) in [5, 5.41) is 2.99. The number of nitrogens with zero attached hydrogens (tertiary/aromatic N) is 1. The molecule has 1 fully saturated rings. The van der Waals surface area contributed by atoms with Crippen molar-refractivity contribution in [3.8, 4) is 0 Å². The number of carbonyl (C=O) groups is 2. The van der Waals surface area contributed by atoms with Gasteiger partial charge in [-0.05, 0) is 65.6 Å². The third kappa shape index (κ3) is 4.41. The number of benzene rings is 2. The average Bonchev–Trinajstić information content (AvgIpc) is 2.67. The summed E-state index contributed by atoms with van der Waals surface area (Å²) in [6.07, 6.45) is 1.60. The first kappa shape index (κ1) is 18.8. The number of hydrogen-bond donors (Lipinski definition) is 1. The Kier molecular flexibility index (Phi) is 6.24.